The SMILES string of the molecule is CCn1c(=O)c(C(=O)CSc2nnnn2-c2c(C)cccc2C)c(N)n(Cc2ccccc2)c1=O. The zero-order chi connectivity index (χ0) is 25.1. The second-order valence-corrected chi connectivity index (χ2v) is 8.93. The van der Waals surface area contributed by atoms with Crippen molar-refractivity contribution < 1.29 is 4.79 Å². The number of anilines is 1. The van der Waals surface area contributed by atoms with Crippen molar-refractivity contribution in [3.05, 3.63) is 91.6 Å². The van der Waals surface area contributed by atoms with Crippen LogP contribution in [0.25, 0.3) is 5.69 Å². The van der Waals surface area contributed by atoms with E-state index in [1.165, 1.54) is 4.57 Å². The van der Waals surface area contributed by atoms with E-state index < -0.39 is 17.0 Å². The number of benzene rings is 2. The van der Waals surface area contributed by atoms with Gasteiger partial charge in [-0.15, -0.1) is 5.10 Å². The molecule has 0 aliphatic carbocycles. The Hall–Kier alpha value is -3.99. The van der Waals surface area contributed by atoms with E-state index in [-0.39, 0.29) is 30.2 Å². The summed E-state index contributed by atoms with van der Waals surface area (Å²) < 4.78 is 3.86. The maximum absolute atomic E-state index is 13.2. The molecule has 0 radical (unpaired) electrons. The topological polar surface area (TPSA) is 131 Å². The van der Waals surface area contributed by atoms with Gasteiger partial charge in [-0.05, 0) is 47.9 Å². The average Bonchev–Trinajstić information content (AvgIpc) is 3.29. The highest BCUT2D eigenvalue weighted by Crippen LogP contribution is 2.24. The number of carbonyl (C=O) groups excluding carboxylic acids is 1. The van der Waals surface area contributed by atoms with Gasteiger partial charge in [0.15, 0.2) is 5.78 Å². The highest BCUT2D eigenvalue weighted by molar-refractivity contribution is 7.99. The van der Waals surface area contributed by atoms with Crippen molar-refractivity contribution in [1.82, 2.24) is 29.3 Å². The Morgan fingerprint density at radius 2 is 1.69 bits per heavy atom. The van der Waals surface area contributed by atoms with Crippen LogP contribution in [0.3, 0.4) is 0 Å². The minimum absolute atomic E-state index is 0.116. The number of thioether (sulfide) groups is 1. The van der Waals surface area contributed by atoms with Gasteiger partial charge in [0.25, 0.3) is 5.56 Å². The molecule has 2 N–H and O–H groups in total. The quantitative estimate of drug-likeness (QED) is 0.293. The summed E-state index contributed by atoms with van der Waals surface area (Å²) in [6.07, 6.45) is 0. The van der Waals surface area contributed by atoms with Crippen molar-refractivity contribution in [3.8, 4) is 5.69 Å². The maximum Gasteiger partial charge on any atom is 0.332 e. The average molecular weight is 492 g/mol. The van der Waals surface area contributed by atoms with Gasteiger partial charge in [-0.2, -0.15) is 4.68 Å². The van der Waals surface area contributed by atoms with Crippen molar-refractivity contribution in [3.63, 3.8) is 0 Å². The van der Waals surface area contributed by atoms with E-state index in [9.17, 15) is 14.4 Å². The molecule has 0 spiro atoms. The Kier molecular flexibility index (Phi) is 6.97. The molecule has 0 saturated carbocycles. The number of rotatable bonds is 8. The third kappa shape index (κ3) is 4.67. The predicted octanol–water partition coefficient (Wildman–Crippen LogP) is 2.23. The van der Waals surface area contributed by atoms with Crippen LogP contribution in [-0.2, 0) is 13.1 Å². The maximum atomic E-state index is 13.2. The first-order chi connectivity index (χ1) is 16.8. The molecule has 2 heterocycles. The Bertz CT molecular complexity index is 1490. The van der Waals surface area contributed by atoms with Crippen LogP contribution in [0, 0.1) is 13.8 Å². The van der Waals surface area contributed by atoms with Gasteiger partial charge >= 0.3 is 5.69 Å². The largest absolute Gasteiger partial charge is 0.384 e. The number of para-hydroxylation sites is 1. The number of nitrogen functional groups attached to an aromatic ring is 1. The van der Waals surface area contributed by atoms with Crippen LogP contribution in [0.15, 0.2) is 63.3 Å². The van der Waals surface area contributed by atoms with E-state index in [1.807, 2.05) is 62.4 Å². The van der Waals surface area contributed by atoms with E-state index >= 15 is 0 Å². The summed E-state index contributed by atoms with van der Waals surface area (Å²) in [5.41, 5.74) is 8.40. The summed E-state index contributed by atoms with van der Waals surface area (Å²) in [5.74, 6) is -0.774. The molecule has 4 rings (SSSR count). The van der Waals surface area contributed by atoms with Gasteiger partial charge < -0.3 is 5.73 Å². The number of ketones is 1. The van der Waals surface area contributed by atoms with Crippen LogP contribution in [0.2, 0.25) is 0 Å². The summed E-state index contributed by atoms with van der Waals surface area (Å²) in [7, 11) is 0. The summed E-state index contributed by atoms with van der Waals surface area (Å²) >= 11 is 1.10. The minimum atomic E-state index is -0.695. The fourth-order valence-electron chi connectivity index (χ4n) is 3.93. The summed E-state index contributed by atoms with van der Waals surface area (Å²) in [4.78, 5) is 39.2. The van der Waals surface area contributed by atoms with E-state index in [1.54, 1.807) is 11.6 Å². The molecule has 35 heavy (non-hydrogen) atoms. The number of aromatic nitrogens is 6. The first-order valence-corrected chi connectivity index (χ1v) is 12.0. The number of carbonyl (C=O) groups is 1. The van der Waals surface area contributed by atoms with E-state index in [0.29, 0.717) is 5.16 Å². The van der Waals surface area contributed by atoms with Crippen LogP contribution in [0.5, 0.6) is 0 Å². The molecule has 180 valence electrons. The molecule has 2 aromatic carbocycles. The standard InChI is InChI=1S/C24H25N7O3S/c1-4-29-22(33)19(21(25)30(24(29)34)13-17-11-6-5-7-12-17)18(32)14-35-23-26-27-28-31(23)20-15(2)9-8-10-16(20)3/h5-12H,4,13-14,25H2,1-3H3. The molecule has 0 amide bonds. The molecule has 0 saturated heterocycles. The molecule has 0 aliphatic rings. The minimum Gasteiger partial charge on any atom is -0.384 e. The van der Waals surface area contributed by atoms with Crippen LogP contribution in [0.4, 0.5) is 5.82 Å². The van der Waals surface area contributed by atoms with Gasteiger partial charge in [0.05, 0.1) is 18.0 Å². The number of nitrogens with two attached hydrogens (primary N) is 1. The van der Waals surface area contributed by atoms with Crippen LogP contribution < -0.4 is 17.0 Å². The van der Waals surface area contributed by atoms with Crippen molar-refractivity contribution in [2.75, 3.05) is 11.5 Å². The molecule has 2 aromatic heterocycles. The molecule has 11 heteroatoms. The smallest absolute Gasteiger partial charge is 0.332 e. The highest BCUT2D eigenvalue weighted by Gasteiger charge is 2.24. The number of nitrogens with zero attached hydrogens (tertiary/aromatic N) is 6. The molecule has 0 fully saturated rings. The molecule has 0 atom stereocenters. The Morgan fingerprint density at radius 3 is 2.34 bits per heavy atom. The van der Waals surface area contributed by atoms with Crippen LogP contribution >= 0.6 is 11.8 Å². The normalized spacial score (nSPS) is 11.1. The second kappa shape index (κ2) is 10.1. The molecular formula is C24H25N7O3S. The molecule has 4 aromatic rings. The van der Waals surface area contributed by atoms with Crippen LogP contribution in [0.1, 0.15) is 34.0 Å². The third-order valence-corrected chi connectivity index (χ3v) is 6.59. The monoisotopic (exact) mass is 491 g/mol. The summed E-state index contributed by atoms with van der Waals surface area (Å²) in [6, 6.07) is 15.1. The molecule has 0 unspecified atom stereocenters. The van der Waals surface area contributed by atoms with Gasteiger partial charge in [-0.3, -0.25) is 18.7 Å². The number of Topliss-reactive ketones (excluding diaryl/α,β-unsaturated/α-hetero) is 1. The first kappa shape index (κ1) is 24.1. The lowest BCUT2D eigenvalue weighted by molar-refractivity contribution is 0.102. The number of hydrogen-bond donors (Lipinski definition) is 1. The summed E-state index contributed by atoms with van der Waals surface area (Å²) in [5, 5.41) is 12.3. The highest BCUT2D eigenvalue weighted by atomic mass is 32.2. The lowest BCUT2D eigenvalue weighted by Crippen LogP contribution is -2.44. The van der Waals surface area contributed by atoms with Gasteiger partial charge in [0.2, 0.25) is 5.16 Å². The Balaban J connectivity index is 1.67. The fourth-order valence-corrected chi connectivity index (χ4v) is 4.68. The lowest BCUT2D eigenvalue weighted by atomic mass is 10.1. The van der Waals surface area contributed by atoms with Crippen LogP contribution in [-0.4, -0.2) is 40.9 Å². The number of hydrogen-bond acceptors (Lipinski definition) is 8. The third-order valence-electron chi connectivity index (χ3n) is 5.67. The van der Waals surface area contributed by atoms with E-state index in [2.05, 4.69) is 15.5 Å². The molecule has 10 nitrogen and oxygen atoms in total. The van der Waals surface area contributed by atoms with Crippen molar-refractivity contribution in [1.29, 1.82) is 0 Å². The fraction of sp³-hybridized carbons (Fsp3) is 0.250. The Labute approximate surface area is 205 Å². The zero-order valence-corrected chi connectivity index (χ0v) is 20.5. The van der Waals surface area contributed by atoms with Gasteiger partial charge in [-0.25, -0.2) is 4.79 Å². The lowest BCUT2D eigenvalue weighted by Gasteiger charge is -2.16. The first-order valence-electron chi connectivity index (χ1n) is 11.0. The van der Waals surface area contributed by atoms with Crippen molar-refractivity contribution in [2.45, 2.75) is 39.0 Å². The molecule has 0 bridgehead atoms. The Morgan fingerprint density at radius 1 is 1.00 bits per heavy atom. The second-order valence-electron chi connectivity index (χ2n) is 7.99. The predicted molar refractivity (Wildman–Crippen MR) is 134 cm³/mol. The number of aryl methyl sites for hydroxylation is 2. The van der Waals surface area contributed by atoms with Crippen molar-refractivity contribution >= 4 is 23.4 Å². The molecule has 0 aliphatic heterocycles. The van der Waals surface area contributed by atoms with E-state index in [0.717, 1.165) is 38.7 Å². The zero-order valence-electron chi connectivity index (χ0n) is 19.6. The van der Waals surface area contributed by atoms with Gasteiger partial charge in [0.1, 0.15) is 11.4 Å². The van der Waals surface area contributed by atoms with Gasteiger partial charge in [-0.1, -0.05) is 60.3 Å². The summed E-state index contributed by atoms with van der Waals surface area (Å²) in [6.45, 7) is 5.84. The van der Waals surface area contributed by atoms with E-state index in [4.69, 9.17) is 5.73 Å². The number of tetrazole rings is 1. The van der Waals surface area contributed by atoms with Gasteiger partial charge in [0, 0.05) is 6.54 Å². The molecular weight excluding hydrogens is 466 g/mol. The van der Waals surface area contributed by atoms with Crippen molar-refractivity contribution in [2.24, 2.45) is 0 Å².